The van der Waals surface area contributed by atoms with Gasteiger partial charge >= 0.3 is 0 Å². The summed E-state index contributed by atoms with van der Waals surface area (Å²) in [7, 11) is 0. The van der Waals surface area contributed by atoms with Crippen molar-refractivity contribution in [2.45, 2.75) is 13.8 Å². The molecule has 1 aliphatic heterocycles. The first-order valence-electron chi connectivity index (χ1n) is 6.99. The van der Waals surface area contributed by atoms with Crippen molar-refractivity contribution >= 4 is 11.6 Å². The molecule has 2 rings (SSSR count). The third-order valence-electron chi connectivity index (χ3n) is 3.63. The quantitative estimate of drug-likeness (QED) is 0.893. The van der Waals surface area contributed by atoms with Crippen LogP contribution in [0.3, 0.4) is 0 Å². The number of benzene rings is 1. The number of carbonyl (C=O) groups is 1. The molecule has 1 fully saturated rings. The summed E-state index contributed by atoms with van der Waals surface area (Å²) in [5.74, 6) is 0.192. The Morgan fingerprint density at radius 2 is 2.00 bits per heavy atom. The van der Waals surface area contributed by atoms with Gasteiger partial charge in [0.2, 0.25) is 5.91 Å². The SMILES string of the molecule is CCN1CCN(C(=O)CNc2cccc(C)c2)CC1. The first-order chi connectivity index (χ1) is 9.19. The lowest BCUT2D eigenvalue weighted by Gasteiger charge is -2.34. The Morgan fingerprint density at radius 3 is 2.63 bits per heavy atom. The fourth-order valence-electron chi connectivity index (χ4n) is 2.36. The molecule has 0 saturated carbocycles. The van der Waals surface area contributed by atoms with Gasteiger partial charge in [0.1, 0.15) is 0 Å². The second-order valence-electron chi connectivity index (χ2n) is 5.04. The number of hydrogen-bond donors (Lipinski definition) is 1. The van der Waals surface area contributed by atoms with Crippen LogP contribution in [0.1, 0.15) is 12.5 Å². The number of nitrogens with zero attached hydrogens (tertiary/aromatic N) is 2. The lowest BCUT2D eigenvalue weighted by atomic mass is 10.2. The van der Waals surface area contributed by atoms with Gasteiger partial charge in [0.15, 0.2) is 0 Å². The van der Waals surface area contributed by atoms with Crippen LogP contribution in [0.2, 0.25) is 0 Å². The minimum absolute atomic E-state index is 0.192. The molecule has 104 valence electrons. The number of anilines is 1. The molecular formula is C15H23N3O. The Hall–Kier alpha value is -1.55. The van der Waals surface area contributed by atoms with Crippen molar-refractivity contribution in [1.29, 1.82) is 0 Å². The highest BCUT2D eigenvalue weighted by Gasteiger charge is 2.19. The fourth-order valence-corrected chi connectivity index (χ4v) is 2.36. The van der Waals surface area contributed by atoms with Crippen molar-refractivity contribution in [1.82, 2.24) is 9.80 Å². The van der Waals surface area contributed by atoms with E-state index in [4.69, 9.17) is 0 Å². The van der Waals surface area contributed by atoms with Crippen LogP contribution in [-0.2, 0) is 4.79 Å². The average Bonchev–Trinajstić information content (AvgIpc) is 2.45. The molecule has 0 radical (unpaired) electrons. The summed E-state index contributed by atoms with van der Waals surface area (Å²) in [5.41, 5.74) is 2.22. The van der Waals surface area contributed by atoms with Crippen molar-refractivity contribution in [3.8, 4) is 0 Å². The average molecular weight is 261 g/mol. The molecule has 0 spiro atoms. The minimum atomic E-state index is 0.192. The highest BCUT2D eigenvalue weighted by Crippen LogP contribution is 2.09. The smallest absolute Gasteiger partial charge is 0.241 e. The lowest BCUT2D eigenvalue weighted by molar-refractivity contribution is -0.131. The van der Waals surface area contributed by atoms with Crippen LogP contribution in [0.25, 0.3) is 0 Å². The van der Waals surface area contributed by atoms with Gasteiger partial charge in [-0.1, -0.05) is 19.1 Å². The Balaban J connectivity index is 1.79. The van der Waals surface area contributed by atoms with E-state index in [9.17, 15) is 4.79 Å². The van der Waals surface area contributed by atoms with Crippen molar-refractivity contribution in [2.75, 3.05) is 44.6 Å². The number of aryl methyl sites for hydroxylation is 1. The zero-order valence-electron chi connectivity index (χ0n) is 11.9. The van der Waals surface area contributed by atoms with Gasteiger partial charge in [-0.3, -0.25) is 4.79 Å². The van der Waals surface area contributed by atoms with E-state index < -0.39 is 0 Å². The number of nitrogens with one attached hydrogen (secondary N) is 1. The molecule has 4 heteroatoms. The van der Waals surface area contributed by atoms with Crippen LogP contribution in [0.15, 0.2) is 24.3 Å². The van der Waals surface area contributed by atoms with Crippen LogP contribution in [0, 0.1) is 6.92 Å². The maximum absolute atomic E-state index is 12.1. The number of piperazine rings is 1. The summed E-state index contributed by atoms with van der Waals surface area (Å²) in [5, 5.41) is 3.20. The molecule has 0 atom stereocenters. The third-order valence-corrected chi connectivity index (χ3v) is 3.63. The van der Waals surface area contributed by atoms with Crippen LogP contribution >= 0.6 is 0 Å². The largest absolute Gasteiger partial charge is 0.376 e. The normalized spacial score (nSPS) is 16.4. The zero-order valence-corrected chi connectivity index (χ0v) is 11.9. The van der Waals surface area contributed by atoms with E-state index in [-0.39, 0.29) is 5.91 Å². The Bertz CT molecular complexity index is 425. The molecule has 1 aromatic carbocycles. The summed E-state index contributed by atoms with van der Waals surface area (Å²) in [6.07, 6.45) is 0. The van der Waals surface area contributed by atoms with Gasteiger partial charge < -0.3 is 15.1 Å². The first-order valence-corrected chi connectivity index (χ1v) is 6.99. The highest BCUT2D eigenvalue weighted by molar-refractivity contribution is 5.81. The fraction of sp³-hybridized carbons (Fsp3) is 0.533. The Morgan fingerprint density at radius 1 is 1.26 bits per heavy atom. The van der Waals surface area contributed by atoms with Gasteiger partial charge in [-0.2, -0.15) is 0 Å². The van der Waals surface area contributed by atoms with E-state index >= 15 is 0 Å². The maximum Gasteiger partial charge on any atom is 0.241 e. The standard InChI is InChI=1S/C15H23N3O/c1-3-17-7-9-18(10-8-17)15(19)12-16-14-6-4-5-13(2)11-14/h4-6,11,16H,3,7-10,12H2,1-2H3. The molecular weight excluding hydrogens is 238 g/mol. The predicted octanol–water partition coefficient (Wildman–Crippen LogP) is 1.57. The van der Waals surface area contributed by atoms with Gasteiger partial charge in [0, 0.05) is 31.9 Å². The van der Waals surface area contributed by atoms with Crippen LogP contribution < -0.4 is 5.32 Å². The molecule has 0 unspecified atom stereocenters. The van der Waals surface area contributed by atoms with Gasteiger partial charge in [0.05, 0.1) is 6.54 Å². The van der Waals surface area contributed by atoms with E-state index in [2.05, 4.69) is 36.2 Å². The maximum atomic E-state index is 12.1. The number of amides is 1. The molecule has 1 amide bonds. The molecule has 1 aliphatic rings. The summed E-state index contributed by atoms with van der Waals surface area (Å²) in [4.78, 5) is 16.4. The summed E-state index contributed by atoms with van der Waals surface area (Å²) in [6.45, 7) is 9.36. The van der Waals surface area contributed by atoms with E-state index in [1.54, 1.807) is 0 Å². The second-order valence-corrected chi connectivity index (χ2v) is 5.04. The zero-order chi connectivity index (χ0) is 13.7. The number of hydrogen-bond acceptors (Lipinski definition) is 3. The van der Waals surface area contributed by atoms with Gasteiger partial charge in [-0.05, 0) is 31.2 Å². The topological polar surface area (TPSA) is 35.6 Å². The molecule has 19 heavy (non-hydrogen) atoms. The molecule has 0 aromatic heterocycles. The van der Waals surface area contributed by atoms with E-state index in [1.165, 1.54) is 5.56 Å². The summed E-state index contributed by atoms with van der Waals surface area (Å²) in [6, 6.07) is 8.11. The summed E-state index contributed by atoms with van der Waals surface area (Å²) < 4.78 is 0. The van der Waals surface area contributed by atoms with Gasteiger partial charge in [0.25, 0.3) is 0 Å². The minimum Gasteiger partial charge on any atom is -0.376 e. The monoisotopic (exact) mass is 261 g/mol. The summed E-state index contributed by atoms with van der Waals surface area (Å²) >= 11 is 0. The van der Waals surface area contributed by atoms with Gasteiger partial charge in [-0.15, -0.1) is 0 Å². The molecule has 1 N–H and O–H groups in total. The molecule has 1 aromatic rings. The van der Waals surface area contributed by atoms with E-state index in [0.717, 1.165) is 38.4 Å². The molecule has 4 nitrogen and oxygen atoms in total. The first kappa shape index (κ1) is 13.9. The Labute approximate surface area is 115 Å². The van der Waals surface area contributed by atoms with Crippen LogP contribution in [-0.4, -0.2) is 55.0 Å². The lowest BCUT2D eigenvalue weighted by Crippen LogP contribution is -2.49. The highest BCUT2D eigenvalue weighted by atomic mass is 16.2. The number of likely N-dealkylation sites (N-methyl/N-ethyl adjacent to an activating group) is 1. The Kier molecular flexibility index (Phi) is 4.80. The van der Waals surface area contributed by atoms with Crippen LogP contribution in [0.4, 0.5) is 5.69 Å². The number of carbonyl (C=O) groups excluding carboxylic acids is 1. The van der Waals surface area contributed by atoms with Crippen LogP contribution in [0.5, 0.6) is 0 Å². The van der Waals surface area contributed by atoms with Crippen molar-refractivity contribution in [2.24, 2.45) is 0 Å². The molecule has 0 bridgehead atoms. The van der Waals surface area contributed by atoms with Crippen molar-refractivity contribution < 1.29 is 4.79 Å². The second kappa shape index (κ2) is 6.57. The molecule has 1 saturated heterocycles. The van der Waals surface area contributed by atoms with E-state index in [0.29, 0.717) is 6.54 Å². The van der Waals surface area contributed by atoms with E-state index in [1.807, 2.05) is 17.0 Å². The predicted molar refractivity (Wildman–Crippen MR) is 78.4 cm³/mol. The van der Waals surface area contributed by atoms with Gasteiger partial charge in [-0.25, -0.2) is 0 Å². The van der Waals surface area contributed by atoms with Crippen molar-refractivity contribution in [3.05, 3.63) is 29.8 Å². The molecule has 1 heterocycles. The third kappa shape index (κ3) is 3.96. The van der Waals surface area contributed by atoms with Crippen molar-refractivity contribution in [3.63, 3.8) is 0 Å². The number of rotatable bonds is 4. The molecule has 0 aliphatic carbocycles.